The van der Waals surface area contributed by atoms with Gasteiger partial charge in [0, 0.05) is 31.6 Å². The van der Waals surface area contributed by atoms with Crippen molar-refractivity contribution in [1.82, 2.24) is 15.1 Å². The van der Waals surface area contributed by atoms with E-state index in [2.05, 4.69) is 10.3 Å². The van der Waals surface area contributed by atoms with Crippen LogP contribution in [0.5, 0.6) is 5.75 Å². The third-order valence-corrected chi connectivity index (χ3v) is 6.49. The Morgan fingerprint density at radius 3 is 2.58 bits per heavy atom. The molecule has 2 aliphatic rings. The maximum Gasteiger partial charge on any atom is 0.413 e. The van der Waals surface area contributed by atoms with Crippen LogP contribution in [0.15, 0.2) is 23.2 Å². The minimum absolute atomic E-state index is 0.0936. The van der Waals surface area contributed by atoms with Crippen molar-refractivity contribution in [3.63, 3.8) is 0 Å². The lowest BCUT2D eigenvalue weighted by atomic mass is 9.94. The number of carbonyl (C=O) groups is 3. The molecule has 1 N–H and O–H groups in total. The van der Waals surface area contributed by atoms with Gasteiger partial charge in [0.1, 0.15) is 17.9 Å². The molecule has 10 heteroatoms. The number of rotatable bonds is 9. The van der Waals surface area contributed by atoms with Crippen molar-refractivity contribution in [2.24, 2.45) is 4.99 Å². The molecule has 0 saturated heterocycles. The molecule has 0 unspecified atom stereocenters. The second-order valence-electron chi connectivity index (χ2n) is 10.8. The fourth-order valence-corrected chi connectivity index (χ4v) is 4.64. The Morgan fingerprint density at radius 1 is 1.16 bits per heavy atom. The number of hydrogen-bond acceptors (Lipinski definition) is 8. The van der Waals surface area contributed by atoms with E-state index in [-0.39, 0.29) is 25.0 Å². The van der Waals surface area contributed by atoms with Gasteiger partial charge in [-0.2, -0.15) is 0 Å². The number of aliphatic imine (C=N–C) groups is 1. The van der Waals surface area contributed by atoms with Gasteiger partial charge >= 0.3 is 12.1 Å². The van der Waals surface area contributed by atoms with Crippen LogP contribution in [0, 0.1) is 0 Å². The molecule has 0 aromatic heterocycles. The summed E-state index contributed by atoms with van der Waals surface area (Å²) < 4.78 is 16.4. The maximum atomic E-state index is 12.6. The van der Waals surface area contributed by atoms with Gasteiger partial charge in [-0.25, -0.2) is 9.79 Å². The molecular formula is C28H42N4O6. The summed E-state index contributed by atoms with van der Waals surface area (Å²) in [5.41, 5.74) is 0.868. The monoisotopic (exact) mass is 530 g/mol. The van der Waals surface area contributed by atoms with E-state index in [1.807, 2.05) is 30.1 Å². The third-order valence-electron chi connectivity index (χ3n) is 6.49. The minimum atomic E-state index is -0.646. The number of carbonyl (C=O) groups excluding carboxylic acids is 3. The number of guanidine groups is 1. The molecule has 0 radical (unpaired) electrons. The van der Waals surface area contributed by atoms with Crippen molar-refractivity contribution in [3.8, 4) is 5.75 Å². The molecule has 3 rings (SSSR count). The number of hydrogen-bond donors (Lipinski definition) is 1. The van der Waals surface area contributed by atoms with E-state index < -0.39 is 17.7 Å². The fraction of sp³-hybridized carbons (Fsp3) is 0.643. The molecule has 1 fully saturated rings. The van der Waals surface area contributed by atoms with E-state index in [1.54, 1.807) is 32.6 Å². The molecule has 10 nitrogen and oxygen atoms in total. The lowest BCUT2D eigenvalue weighted by Gasteiger charge is -2.31. The van der Waals surface area contributed by atoms with Gasteiger partial charge in [-0.15, -0.1) is 0 Å². The number of alkyl carbamates (subject to hydrolysis) is 1. The summed E-state index contributed by atoms with van der Waals surface area (Å²) in [5.74, 6) is 0.608. The molecule has 1 heterocycles. The molecule has 0 spiro atoms. The molecule has 0 bridgehead atoms. The Kier molecular flexibility index (Phi) is 10.4. The van der Waals surface area contributed by atoms with Crippen LogP contribution < -0.4 is 10.1 Å². The van der Waals surface area contributed by atoms with Gasteiger partial charge in [0.05, 0.1) is 18.9 Å². The number of nitrogens with one attached hydrogen (secondary N) is 1. The van der Waals surface area contributed by atoms with Crippen molar-refractivity contribution in [1.29, 1.82) is 0 Å². The molecule has 1 saturated carbocycles. The molecule has 1 aromatic carbocycles. The minimum Gasteiger partial charge on any atom is -0.494 e. The summed E-state index contributed by atoms with van der Waals surface area (Å²) in [6, 6.07) is 5.86. The molecule has 0 atom stereocenters. The molecule has 210 valence electrons. The normalized spacial score (nSPS) is 15.7. The number of benzene rings is 1. The summed E-state index contributed by atoms with van der Waals surface area (Å²) in [4.78, 5) is 45.3. The highest BCUT2D eigenvalue weighted by atomic mass is 16.6. The Bertz CT molecular complexity index is 1010. The average molecular weight is 531 g/mol. The quantitative estimate of drug-likeness (QED) is 0.369. The van der Waals surface area contributed by atoms with Gasteiger partial charge in [0.15, 0.2) is 0 Å². The third kappa shape index (κ3) is 8.92. The summed E-state index contributed by atoms with van der Waals surface area (Å²) in [5, 5.41) is 2.62. The molecule has 1 aliphatic carbocycles. The van der Waals surface area contributed by atoms with Crippen molar-refractivity contribution >= 4 is 29.6 Å². The number of ether oxygens (including phenoxy) is 3. The van der Waals surface area contributed by atoms with Crippen molar-refractivity contribution < 1.29 is 28.6 Å². The average Bonchev–Trinajstić information content (AvgIpc) is 2.86. The highest BCUT2D eigenvalue weighted by Crippen LogP contribution is 2.30. The van der Waals surface area contributed by atoms with Crippen LogP contribution in [-0.4, -0.2) is 72.2 Å². The zero-order valence-electron chi connectivity index (χ0n) is 23.4. The first-order valence-electron chi connectivity index (χ1n) is 13.6. The van der Waals surface area contributed by atoms with Gasteiger partial charge in [-0.05, 0) is 65.2 Å². The van der Waals surface area contributed by atoms with Crippen LogP contribution in [0.1, 0.15) is 78.2 Å². The molecular weight excluding hydrogens is 488 g/mol. The Labute approximate surface area is 225 Å². The number of nitrogens with zero attached hydrogens (tertiary/aromatic N) is 3. The fourth-order valence-electron chi connectivity index (χ4n) is 4.64. The predicted octanol–water partition coefficient (Wildman–Crippen LogP) is 4.53. The molecule has 2 amide bonds. The first-order chi connectivity index (χ1) is 18.1. The van der Waals surface area contributed by atoms with Crippen molar-refractivity contribution in [3.05, 3.63) is 23.8 Å². The van der Waals surface area contributed by atoms with Crippen LogP contribution in [0.25, 0.3) is 0 Å². The van der Waals surface area contributed by atoms with Crippen molar-refractivity contribution in [2.75, 3.05) is 26.8 Å². The van der Waals surface area contributed by atoms with E-state index in [0.29, 0.717) is 43.5 Å². The number of esters is 1. The summed E-state index contributed by atoms with van der Waals surface area (Å²) >= 11 is 0. The number of fused-ring (bicyclic) bond motifs is 1. The lowest BCUT2D eigenvalue weighted by molar-refractivity contribution is -0.155. The standard InChI is InChI=1S/C28H42N4O6/c1-6-36-27(35)30-26-29-23-15-14-22(17-20(23)18-32(26)19-25(34)38-28(2,3)4)37-16-10-13-24(33)31(5)21-11-8-7-9-12-21/h14-15,17,21H,6-13,16,18-19H2,1-5H3,(H,29,30,35). The van der Waals surface area contributed by atoms with Gasteiger partial charge < -0.3 is 24.0 Å². The van der Waals surface area contributed by atoms with E-state index in [4.69, 9.17) is 14.2 Å². The second-order valence-corrected chi connectivity index (χ2v) is 10.8. The smallest absolute Gasteiger partial charge is 0.413 e. The highest BCUT2D eigenvalue weighted by molar-refractivity contribution is 5.97. The zero-order valence-corrected chi connectivity index (χ0v) is 23.4. The molecule has 1 aliphatic heterocycles. The number of amides is 2. The van der Waals surface area contributed by atoms with Crippen LogP contribution in [-0.2, 0) is 25.6 Å². The predicted molar refractivity (Wildman–Crippen MR) is 144 cm³/mol. The van der Waals surface area contributed by atoms with Crippen LogP contribution in [0.3, 0.4) is 0 Å². The second kappa shape index (κ2) is 13.5. The van der Waals surface area contributed by atoms with E-state index >= 15 is 0 Å². The maximum absolute atomic E-state index is 12.6. The van der Waals surface area contributed by atoms with E-state index in [0.717, 1.165) is 18.4 Å². The van der Waals surface area contributed by atoms with E-state index in [9.17, 15) is 14.4 Å². The first kappa shape index (κ1) is 29.3. The van der Waals surface area contributed by atoms with Crippen molar-refractivity contribution in [2.45, 2.75) is 90.8 Å². The summed E-state index contributed by atoms with van der Waals surface area (Å²) in [6.07, 6.45) is 6.29. The van der Waals surface area contributed by atoms with Crippen LogP contribution >= 0.6 is 0 Å². The Morgan fingerprint density at radius 2 is 1.89 bits per heavy atom. The topological polar surface area (TPSA) is 110 Å². The lowest BCUT2D eigenvalue weighted by Crippen LogP contribution is -2.48. The van der Waals surface area contributed by atoms with Crippen LogP contribution in [0.2, 0.25) is 0 Å². The van der Waals surface area contributed by atoms with Crippen LogP contribution in [0.4, 0.5) is 10.5 Å². The van der Waals surface area contributed by atoms with Gasteiger partial charge in [0.25, 0.3) is 0 Å². The molecule has 38 heavy (non-hydrogen) atoms. The SMILES string of the molecule is CCOC(=O)NC1=Nc2ccc(OCCCC(=O)N(C)C3CCCCC3)cc2CN1CC(=O)OC(C)(C)C. The van der Waals surface area contributed by atoms with Gasteiger partial charge in [-0.3, -0.25) is 14.9 Å². The van der Waals surface area contributed by atoms with Gasteiger partial charge in [-0.1, -0.05) is 19.3 Å². The summed E-state index contributed by atoms with van der Waals surface area (Å²) in [7, 11) is 1.91. The largest absolute Gasteiger partial charge is 0.494 e. The molecule has 1 aromatic rings. The zero-order chi connectivity index (χ0) is 27.7. The summed E-state index contributed by atoms with van der Waals surface area (Å²) in [6.45, 7) is 7.97. The Balaban J connectivity index is 1.60. The Hall–Kier alpha value is -3.30. The highest BCUT2D eigenvalue weighted by Gasteiger charge is 2.27. The van der Waals surface area contributed by atoms with Gasteiger partial charge in [0.2, 0.25) is 11.9 Å². The van der Waals surface area contributed by atoms with E-state index in [1.165, 1.54) is 19.3 Å². The first-order valence-corrected chi connectivity index (χ1v) is 13.6.